The van der Waals surface area contributed by atoms with Crippen molar-refractivity contribution in [1.29, 1.82) is 0 Å². The number of aromatic nitrogens is 1. The number of hydrogen-bond donors (Lipinski definition) is 2. The van der Waals surface area contributed by atoms with Gasteiger partial charge in [0.1, 0.15) is 10.3 Å². The van der Waals surface area contributed by atoms with E-state index in [1.807, 2.05) is 0 Å². The molecule has 0 atom stereocenters. The second-order valence-corrected chi connectivity index (χ2v) is 5.29. The van der Waals surface area contributed by atoms with Crippen molar-refractivity contribution in [1.82, 2.24) is 10.3 Å². The van der Waals surface area contributed by atoms with Gasteiger partial charge in [-0.3, -0.25) is 9.59 Å². The van der Waals surface area contributed by atoms with Gasteiger partial charge in [-0.15, -0.1) is 0 Å². The Labute approximate surface area is 134 Å². The van der Waals surface area contributed by atoms with Gasteiger partial charge in [0.15, 0.2) is 0 Å². The second-order valence-electron chi connectivity index (χ2n) is 4.07. The zero-order valence-electron chi connectivity index (χ0n) is 11.0. The lowest BCUT2D eigenvalue weighted by atomic mass is 10.2. The minimum atomic E-state index is -0.374. The summed E-state index contributed by atoms with van der Waals surface area (Å²) in [6, 6.07) is 9.71. The third kappa shape index (κ3) is 3.80. The summed E-state index contributed by atoms with van der Waals surface area (Å²) < 4.78 is 0.567. The highest BCUT2D eigenvalue weighted by Gasteiger charge is 2.12. The first kappa shape index (κ1) is 15.5. The molecule has 21 heavy (non-hydrogen) atoms. The number of carbonyl (C=O) groups excluding carboxylic acids is 2. The quantitative estimate of drug-likeness (QED) is 0.818. The normalized spacial score (nSPS) is 10.0. The zero-order chi connectivity index (χ0) is 15.4. The van der Waals surface area contributed by atoms with Gasteiger partial charge in [0.05, 0.1) is 10.6 Å². The van der Waals surface area contributed by atoms with Crippen LogP contribution in [0.25, 0.3) is 0 Å². The Morgan fingerprint density at radius 3 is 2.62 bits per heavy atom. The van der Waals surface area contributed by atoms with Gasteiger partial charge in [0, 0.05) is 12.7 Å². The largest absolute Gasteiger partial charge is 0.355 e. The molecule has 0 saturated heterocycles. The van der Waals surface area contributed by atoms with E-state index in [4.69, 9.17) is 11.6 Å². The number of carbonyl (C=O) groups is 2. The standard InChI is InChI=1S/C14H11BrClN3O2/c1-17-13(20)9-7-8(5-6-10(9)16)18-14(21)11-3-2-4-12(15)19-11/h2-7H,1H3,(H,17,20)(H,18,21). The van der Waals surface area contributed by atoms with Gasteiger partial charge in [-0.05, 0) is 46.3 Å². The van der Waals surface area contributed by atoms with Crippen LogP contribution >= 0.6 is 27.5 Å². The van der Waals surface area contributed by atoms with E-state index in [0.717, 1.165) is 0 Å². The van der Waals surface area contributed by atoms with Crippen LogP contribution in [0.2, 0.25) is 5.02 Å². The van der Waals surface area contributed by atoms with Gasteiger partial charge >= 0.3 is 0 Å². The predicted molar refractivity (Wildman–Crippen MR) is 84.7 cm³/mol. The van der Waals surface area contributed by atoms with Gasteiger partial charge in [-0.25, -0.2) is 4.98 Å². The summed E-state index contributed by atoms with van der Waals surface area (Å²) in [5.74, 6) is -0.696. The molecule has 0 radical (unpaired) electrons. The van der Waals surface area contributed by atoms with Gasteiger partial charge in [0.25, 0.3) is 11.8 Å². The van der Waals surface area contributed by atoms with Crippen molar-refractivity contribution in [2.75, 3.05) is 12.4 Å². The lowest BCUT2D eigenvalue weighted by Gasteiger charge is -2.08. The Kier molecular flexibility index (Phi) is 4.93. The highest BCUT2D eigenvalue weighted by molar-refractivity contribution is 9.10. The molecule has 5 nitrogen and oxygen atoms in total. The SMILES string of the molecule is CNC(=O)c1cc(NC(=O)c2cccc(Br)n2)ccc1Cl. The molecule has 2 amide bonds. The fourth-order valence-electron chi connectivity index (χ4n) is 1.64. The van der Waals surface area contributed by atoms with Gasteiger partial charge in [0.2, 0.25) is 0 Å². The molecular formula is C14H11BrClN3O2. The molecule has 1 aromatic carbocycles. The van der Waals surface area contributed by atoms with Crippen LogP contribution in [-0.2, 0) is 0 Å². The molecule has 2 N–H and O–H groups in total. The second kappa shape index (κ2) is 6.69. The van der Waals surface area contributed by atoms with Crippen LogP contribution in [0.4, 0.5) is 5.69 Å². The lowest BCUT2D eigenvalue weighted by molar-refractivity contribution is 0.0961. The van der Waals surface area contributed by atoms with Crippen molar-refractivity contribution in [2.24, 2.45) is 0 Å². The van der Waals surface area contributed by atoms with E-state index in [9.17, 15) is 9.59 Å². The number of hydrogen-bond acceptors (Lipinski definition) is 3. The molecule has 0 fully saturated rings. The fraction of sp³-hybridized carbons (Fsp3) is 0.0714. The van der Waals surface area contributed by atoms with Crippen LogP contribution < -0.4 is 10.6 Å². The topological polar surface area (TPSA) is 71.1 Å². The molecule has 0 bridgehead atoms. The van der Waals surface area contributed by atoms with Crippen molar-refractivity contribution < 1.29 is 9.59 Å². The van der Waals surface area contributed by atoms with Crippen molar-refractivity contribution in [3.8, 4) is 0 Å². The van der Waals surface area contributed by atoms with Gasteiger partial charge in [-0.1, -0.05) is 17.7 Å². The molecule has 0 unspecified atom stereocenters. The molecule has 0 saturated carbocycles. The van der Waals surface area contributed by atoms with E-state index in [1.54, 1.807) is 30.3 Å². The van der Waals surface area contributed by atoms with Crippen molar-refractivity contribution in [2.45, 2.75) is 0 Å². The predicted octanol–water partition coefficient (Wildman–Crippen LogP) is 3.11. The summed E-state index contributed by atoms with van der Waals surface area (Å²) >= 11 is 9.16. The molecule has 108 valence electrons. The fourth-order valence-corrected chi connectivity index (χ4v) is 2.19. The Hall–Kier alpha value is -1.92. The van der Waals surface area contributed by atoms with E-state index < -0.39 is 0 Å². The molecule has 1 aromatic heterocycles. The highest BCUT2D eigenvalue weighted by atomic mass is 79.9. The Balaban J connectivity index is 2.24. The summed E-state index contributed by atoms with van der Waals surface area (Å²) in [4.78, 5) is 27.8. The van der Waals surface area contributed by atoms with Crippen LogP contribution in [0.15, 0.2) is 41.0 Å². The Bertz CT molecular complexity index is 706. The molecule has 7 heteroatoms. The van der Waals surface area contributed by atoms with Gasteiger partial charge in [-0.2, -0.15) is 0 Å². The highest BCUT2D eigenvalue weighted by Crippen LogP contribution is 2.21. The first-order valence-corrected chi connectivity index (χ1v) is 7.14. The molecule has 2 rings (SSSR count). The van der Waals surface area contributed by atoms with E-state index in [2.05, 4.69) is 31.5 Å². The minimum absolute atomic E-state index is 0.265. The maximum atomic E-state index is 12.1. The summed E-state index contributed by atoms with van der Waals surface area (Å²) in [5, 5.41) is 5.47. The Morgan fingerprint density at radius 1 is 1.19 bits per heavy atom. The van der Waals surface area contributed by atoms with Crippen LogP contribution in [0.5, 0.6) is 0 Å². The van der Waals surface area contributed by atoms with E-state index in [0.29, 0.717) is 20.9 Å². The van der Waals surface area contributed by atoms with Crippen molar-refractivity contribution in [3.05, 3.63) is 57.3 Å². The average molecular weight is 369 g/mol. The summed E-state index contributed by atoms with van der Waals surface area (Å²) in [6.45, 7) is 0. The summed E-state index contributed by atoms with van der Waals surface area (Å²) in [7, 11) is 1.51. The third-order valence-corrected chi connectivity index (χ3v) is 3.41. The van der Waals surface area contributed by atoms with Crippen molar-refractivity contribution in [3.63, 3.8) is 0 Å². The lowest BCUT2D eigenvalue weighted by Crippen LogP contribution is -2.19. The number of pyridine rings is 1. The summed E-state index contributed by atoms with van der Waals surface area (Å²) in [5.41, 5.74) is 1.02. The number of anilines is 1. The maximum absolute atomic E-state index is 12.1. The molecule has 0 spiro atoms. The Morgan fingerprint density at radius 2 is 1.95 bits per heavy atom. The monoisotopic (exact) mass is 367 g/mol. The van der Waals surface area contributed by atoms with E-state index in [-0.39, 0.29) is 17.5 Å². The molecule has 1 heterocycles. The zero-order valence-corrected chi connectivity index (χ0v) is 13.3. The maximum Gasteiger partial charge on any atom is 0.274 e. The van der Waals surface area contributed by atoms with Crippen molar-refractivity contribution >= 4 is 45.0 Å². The molecule has 0 aliphatic heterocycles. The van der Waals surface area contributed by atoms with E-state index in [1.165, 1.54) is 13.1 Å². The van der Waals surface area contributed by atoms with Crippen LogP contribution in [0.3, 0.4) is 0 Å². The summed E-state index contributed by atoms with van der Waals surface area (Å²) in [6.07, 6.45) is 0. The van der Waals surface area contributed by atoms with Crippen LogP contribution in [-0.4, -0.2) is 23.8 Å². The first-order chi connectivity index (χ1) is 10.0. The third-order valence-electron chi connectivity index (χ3n) is 2.64. The minimum Gasteiger partial charge on any atom is -0.355 e. The molecule has 0 aliphatic rings. The number of nitrogens with zero attached hydrogens (tertiary/aromatic N) is 1. The van der Waals surface area contributed by atoms with Crippen LogP contribution in [0.1, 0.15) is 20.8 Å². The smallest absolute Gasteiger partial charge is 0.274 e. The van der Waals surface area contributed by atoms with Crippen LogP contribution in [0, 0.1) is 0 Å². The number of nitrogens with one attached hydrogen (secondary N) is 2. The number of amides is 2. The molecule has 2 aromatic rings. The average Bonchev–Trinajstić information content (AvgIpc) is 2.48. The number of rotatable bonds is 3. The van der Waals surface area contributed by atoms with E-state index >= 15 is 0 Å². The molecule has 0 aliphatic carbocycles. The van der Waals surface area contributed by atoms with Gasteiger partial charge < -0.3 is 10.6 Å². The molecular weight excluding hydrogens is 358 g/mol. The first-order valence-electron chi connectivity index (χ1n) is 5.97. The number of halogens is 2. The number of benzene rings is 1.